The number of aliphatic hydroxyl groups excluding tert-OH is 1. The van der Waals surface area contributed by atoms with E-state index < -0.39 is 17.5 Å². The Morgan fingerprint density at radius 3 is 2.48 bits per heavy atom. The van der Waals surface area contributed by atoms with Gasteiger partial charge in [0.25, 0.3) is 5.91 Å². The average molecular weight is 348 g/mol. The fraction of sp³-hybridized carbons (Fsp3) is 0.579. The molecule has 0 unspecified atom stereocenters. The summed E-state index contributed by atoms with van der Waals surface area (Å²) in [5.74, 6) is -1.21. The Labute approximate surface area is 148 Å². The summed E-state index contributed by atoms with van der Waals surface area (Å²) in [7, 11) is 0. The second kappa shape index (κ2) is 8.34. The molecule has 0 bridgehead atoms. The van der Waals surface area contributed by atoms with Gasteiger partial charge in [0.2, 0.25) is 0 Å². The summed E-state index contributed by atoms with van der Waals surface area (Å²) in [5.41, 5.74) is 0.221. The molecule has 0 saturated carbocycles. The summed E-state index contributed by atoms with van der Waals surface area (Å²) in [6.07, 6.45) is 1.38. The molecular weight excluding hydrogens is 320 g/mol. The molecule has 6 nitrogen and oxygen atoms in total. The summed E-state index contributed by atoms with van der Waals surface area (Å²) < 4.78 is 0. The number of carboxylic acid groups (broad SMARTS) is 1. The fourth-order valence-electron chi connectivity index (χ4n) is 3.44. The normalized spacial score (nSPS) is 23.3. The summed E-state index contributed by atoms with van der Waals surface area (Å²) in [4.78, 5) is 26.2. The molecule has 1 heterocycles. The highest BCUT2D eigenvalue weighted by Gasteiger charge is 2.49. The number of likely N-dealkylation sites (tertiary alicyclic amines) is 1. The number of piperidine rings is 1. The number of anilines is 1. The number of aliphatic carboxylic acids is 1. The highest BCUT2D eigenvalue weighted by molar-refractivity contribution is 5.95. The number of rotatable bonds is 7. The number of benzene rings is 1. The zero-order valence-corrected chi connectivity index (χ0v) is 15.0. The molecule has 6 heteroatoms. The fourth-order valence-corrected chi connectivity index (χ4v) is 3.44. The number of carbonyl (C=O) groups is 2. The first-order chi connectivity index (χ1) is 11.9. The number of carbonyl (C=O) groups excluding carboxylic acids is 1. The molecule has 2 rings (SSSR count). The molecule has 0 aliphatic carbocycles. The van der Waals surface area contributed by atoms with E-state index in [0.717, 1.165) is 18.7 Å². The molecule has 1 saturated heterocycles. The summed E-state index contributed by atoms with van der Waals surface area (Å²) in [5, 5.41) is 23.2. The van der Waals surface area contributed by atoms with Gasteiger partial charge in [0, 0.05) is 30.9 Å². The lowest BCUT2D eigenvalue weighted by molar-refractivity contribution is -0.162. The number of carboxylic acids is 1. The Hall–Kier alpha value is -2.08. The second-order valence-corrected chi connectivity index (χ2v) is 6.75. The molecule has 0 aromatic heterocycles. The molecule has 25 heavy (non-hydrogen) atoms. The van der Waals surface area contributed by atoms with Crippen LogP contribution in [0.5, 0.6) is 0 Å². The standard InChI is InChI=1S/C19H28N2O4/c1-3-10-19(18(24)25)13-21(12-9-16(19)22)17(23)14-5-7-15(8-6-14)20-11-4-2/h5-8,16,20,22H,3-4,9-13H2,1-2H3,(H,24,25)/t16-,19+/m0/s1. The first-order valence-corrected chi connectivity index (χ1v) is 8.99. The van der Waals surface area contributed by atoms with Crippen LogP contribution in [0.25, 0.3) is 0 Å². The van der Waals surface area contributed by atoms with Gasteiger partial charge >= 0.3 is 5.97 Å². The number of amides is 1. The Kier molecular flexibility index (Phi) is 6.42. The third-order valence-electron chi connectivity index (χ3n) is 4.90. The molecule has 3 N–H and O–H groups in total. The van der Waals surface area contributed by atoms with E-state index in [1.807, 2.05) is 19.1 Å². The zero-order chi connectivity index (χ0) is 18.4. The van der Waals surface area contributed by atoms with Gasteiger partial charge in [-0.25, -0.2) is 0 Å². The second-order valence-electron chi connectivity index (χ2n) is 6.75. The van der Waals surface area contributed by atoms with Crippen LogP contribution in [0.1, 0.15) is 49.9 Å². The number of nitrogens with one attached hydrogen (secondary N) is 1. The van der Waals surface area contributed by atoms with Crippen LogP contribution < -0.4 is 5.32 Å². The molecule has 0 radical (unpaired) electrons. The van der Waals surface area contributed by atoms with Gasteiger partial charge in [0.15, 0.2) is 0 Å². The minimum Gasteiger partial charge on any atom is -0.481 e. The average Bonchev–Trinajstić information content (AvgIpc) is 2.61. The first-order valence-electron chi connectivity index (χ1n) is 8.99. The quantitative estimate of drug-likeness (QED) is 0.705. The molecule has 1 aromatic rings. The third-order valence-corrected chi connectivity index (χ3v) is 4.90. The van der Waals surface area contributed by atoms with E-state index in [9.17, 15) is 19.8 Å². The van der Waals surface area contributed by atoms with Gasteiger partial charge in [-0.15, -0.1) is 0 Å². The summed E-state index contributed by atoms with van der Waals surface area (Å²) >= 11 is 0. The van der Waals surface area contributed by atoms with E-state index in [1.54, 1.807) is 17.0 Å². The van der Waals surface area contributed by atoms with Crippen molar-refractivity contribution in [3.63, 3.8) is 0 Å². The van der Waals surface area contributed by atoms with Crippen molar-refractivity contribution in [1.29, 1.82) is 0 Å². The molecule has 2 atom stereocenters. The van der Waals surface area contributed by atoms with Crippen molar-refractivity contribution in [3.8, 4) is 0 Å². The van der Waals surface area contributed by atoms with Crippen molar-refractivity contribution in [2.45, 2.75) is 45.6 Å². The molecule has 1 aliphatic heterocycles. The molecule has 1 aliphatic rings. The lowest BCUT2D eigenvalue weighted by Crippen LogP contribution is -2.57. The van der Waals surface area contributed by atoms with Crippen molar-refractivity contribution in [2.24, 2.45) is 5.41 Å². The van der Waals surface area contributed by atoms with E-state index in [4.69, 9.17) is 0 Å². The molecule has 1 amide bonds. The van der Waals surface area contributed by atoms with Crippen molar-refractivity contribution < 1.29 is 19.8 Å². The molecule has 0 spiro atoms. The van der Waals surface area contributed by atoms with Crippen LogP contribution in [-0.2, 0) is 4.79 Å². The van der Waals surface area contributed by atoms with Gasteiger partial charge in [-0.1, -0.05) is 20.3 Å². The van der Waals surface area contributed by atoms with Crippen LogP contribution in [0, 0.1) is 5.41 Å². The van der Waals surface area contributed by atoms with Crippen LogP contribution in [0.3, 0.4) is 0 Å². The highest BCUT2D eigenvalue weighted by atomic mass is 16.4. The summed E-state index contributed by atoms with van der Waals surface area (Å²) in [6.45, 7) is 5.26. The first kappa shape index (κ1) is 19.2. The number of hydrogen-bond acceptors (Lipinski definition) is 4. The largest absolute Gasteiger partial charge is 0.481 e. The number of hydrogen-bond donors (Lipinski definition) is 3. The highest BCUT2D eigenvalue weighted by Crippen LogP contribution is 2.36. The van der Waals surface area contributed by atoms with Gasteiger partial charge in [0.05, 0.1) is 6.10 Å². The van der Waals surface area contributed by atoms with Crippen molar-refractivity contribution >= 4 is 17.6 Å². The SMILES string of the molecule is CCCNc1ccc(C(=O)N2CC[C@H](O)[C@](CCC)(C(=O)O)C2)cc1. The van der Waals surface area contributed by atoms with Crippen molar-refractivity contribution in [3.05, 3.63) is 29.8 Å². The molecule has 1 aromatic carbocycles. The van der Waals surface area contributed by atoms with Crippen LogP contribution in [0.15, 0.2) is 24.3 Å². The maximum Gasteiger partial charge on any atom is 0.314 e. The van der Waals surface area contributed by atoms with Crippen molar-refractivity contribution in [2.75, 3.05) is 25.0 Å². The molecule has 138 valence electrons. The Bertz CT molecular complexity index is 602. The van der Waals surface area contributed by atoms with Crippen LogP contribution in [0.4, 0.5) is 5.69 Å². The monoisotopic (exact) mass is 348 g/mol. The van der Waals surface area contributed by atoms with E-state index in [2.05, 4.69) is 12.2 Å². The van der Waals surface area contributed by atoms with E-state index in [-0.39, 0.29) is 18.9 Å². The van der Waals surface area contributed by atoms with Gasteiger partial charge < -0.3 is 20.4 Å². The van der Waals surface area contributed by atoms with Gasteiger partial charge in [0.1, 0.15) is 5.41 Å². The lowest BCUT2D eigenvalue weighted by atomic mass is 9.74. The molecule has 1 fully saturated rings. The maximum atomic E-state index is 12.8. The maximum absolute atomic E-state index is 12.8. The van der Waals surface area contributed by atoms with Gasteiger partial charge in [-0.05, 0) is 43.5 Å². The van der Waals surface area contributed by atoms with Crippen LogP contribution in [0.2, 0.25) is 0 Å². The van der Waals surface area contributed by atoms with Crippen LogP contribution >= 0.6 is 0 Å². The zero-order valence-electron chi connectivity index (χ0n) is 15.0. The Balaban J connectivity index is 2.14. The Morgan fingerprint density at radius 1 is 1.24 bits per heavy atom. The predicted molar refractivity (Wildman–Crippen MR) is 96.7 cm³/mol. The Morgan fingerprint density at radius 2 is 1.92 bits per heavy atom. The topological polar surface area (TPSA) is 89.9 Å². The van der Waals surface area contributed by atoms with Crippen molar-refractivity contribution in [1.82, 2.24) is 4.90 Å². The van der Waals surface area contributed by atoms with E-state index >= 15 is 0 Å². The minimum absolute atomic E-state index is 0.0476. The van der Waals surface area contributed by atoms with Gasteiger partial charge in [-0.3, -0.25) is 9.59 Å². The molecular formula is C19H28N2O4. The predicted octanol–water partition coefficient (Wildman–Crippen LogP) is 2.59. The summed E-state index contributed by atoms with van der Waals surface area (Å²) in [6, 6.07) is 7.23. The number of nitrogens with zero attached hydrogens (tertiary/aromatic N) is 1. The lowest BCUT2D eigenvalue weighted by Gasteiger charge is -2.43. The third kappa shape index (κ3) is 4.12. The smallest absolute Gasteiger partial charge is 0.314 e. The van der Waals surface area contributed by atoms with E-state index in [0.29, 0.717) is 24.9 Å². The van der Waals surface area contributed by atoms with E-state index in [1.165, 1.54) is 0 Å². The van der Waals surface area contributed by atoms with Crippen LogP contribution in [-0.4, -0.2) is 52.7 Å². The van der Waals surface area contributed by atoms with Gasteiger partial charge in [-0.2, -0.15) is 0 Å². The minimum atomic E-state index is -1.27. The number of aliphatic hydroxyl groups is 1.